The molecule has 1 aromatic carbocycles. The molecule has 0 heterocycles. The Hall–Kier alpha value is -1.49. The number of carbonyl (C=O) groups is 1. The SMILES string of the molecule is COC(=O)C(C)CN(C)Cc1cc(F)ccc1F. The van der Waals surface area contributed by atoms with E-state index in [0.29, 0.717) is 6.54 Å². The van der Waals surface area contributed by atoms with Crippen molar-refractivity contribution >= 4 is 5.97 Å². The number of hydrogen-bond acceptors (Lipinski definition) is 3. The minimum Gasteiger partial charge on any atom is -0.469 e. The summed E-state index contributed by atoms with van der Waals surface area (Å²) in [6.45, 7) is 2.39. The number of carbonyl (C=O) groups excluding carboxylic acids is 1. The van der Waals surface area contributed by atoms with Gasteiger partial charge in [-0.2, -0.15) is 0 Å². The van der Waals surface area contributed by atoms with Crippen LogP contribution in [0.25, 0.3) is 0 Å². The highest BCUT2D eigenvalue weighted by Crippen LogP contribution is 2.12. The van der Waals surface area contributed by atoms with Crippen molar-refractivity contribution in [3.63, 3.8) is 0 Å². The lowest BCUT2D eigenvalue weighted by molar-refractivity contribution is -0.145. The molecule has 0 N–H and O–H groups in total. The Morgan fingerprint density at radius 3 is 2.72 bits per heavy atom. The fraction of sp³-hybridized carbons (Fsp3) is 0.462. The van der Waals surface area contributed by atoms with Crippen LogP contribution in [0.4, 0.5) is 8.78 Å². The number of ether oxygens (including phenoxy) is 1. The molecule has 0 aliphatic heterocycles. The largest absolute Gasteiger partial charge is 0.469 e. The lowest BCUT2D eigenvalue weighted by Gasteiger charge is -2.20. The van der Waals surface area contributed by atoms with Gasteiger partial charge in [-0.15, -0.1) is 0 Å². The Balaban J connectivity index is 2.61. The Labute approximate surface area is 105 Å². The number of benzene rings is 1. The van der Waals surface area contributed by atoms with Gasteiger partial charge in [0.2, 0.25) is 0 Å². The molecule has 0 radical (unpaired) electrons. The molecule has 0 aliphatic carbocycles. The van der Waals surface area contributed by atoms with Gasteiger partial charge < -0.3 is 9.64 Å². The molecule has 0 spiro atoms. The first-order valence-corrected chi connectivity index (χ1v) is 5.64. The van der Waals surface area contributed by atoms with Crippen molar-refractivity contribution in [2.75, 3.05) is 20.7 Å². The molecule has 0 saturated heterocycles. The van der Waals surface area contributed by atoms with Gasteiger partial charge in [-0.1, -0.05) is 6.92 Å². The fourth-order valence-corrected chi connectivity index (χ4v) is 1.76. The Morgan fingerprint density at radius 2 is 2.11 bits per heavy atom. The van der Waals surface area contributed by atoms with E-state index in [2.05, 4.69) is 4.74 Å². The lowest BCUT2D eigenvalue weighted by atomic mass is 10.1. The summed E-state index contributed by atoms with van der Waals surface area (Å²) in [5.74, 6) is -1.55. The van der Waals surface area contributed by atoms with Crippen molar-refractivity contribution < 1.29 is 18.3 Å². The van der Waals surface area contributed by atoms with Crippen LogP contribution in [0.3, 0.4) is 0 Å². The van der Waals surface area contributed by atoms with Gasteiger partial charge in [0.25, 0.3) is 0 Å². The van der Waals surface area contributed by atoms with E-state index in [1.807, 2.05) is 0 Å². The van der Waals surface area contributed by atoms with Crippen LogP contribution in [-0.2, 0) is 16.1 Å². The van der Waals surface area contributed by atoms with Crippen LogP contribution in [0.2, 0.25) is 0 Å². The molecule has 5 heteroatoms. The van der Waals surface area contributed by atoms with Crippen molar-refractivity contribution in [3.8, 4) is 0 Å². The third-order valence-electron chi connectivity index (χ3n) is 2.64. The second kappa shape index (κ2) is 6.44. The smallest absolute Gasteiger partial charge is 0.309 e. The Kier molecular flexibility index (Phi) is 5.22. The average molecular weight is 257 g/mol. The molecule has 0 saturated carbocycles. The van der Waals surface area contributed by atoms with Gasteiger partial charge in [-0.25, -0.2) is 8.78 Å². The minimum atomic E-state index is -0.471. The summed E-state index contributed by atoms with van der Waals surface area (Å²) in [4.78, 5) is 13.0. The number of hydrogen-bond donors (Lipinski definition) is 0. The van der Waals surface area contributed by atoms with Crippen LogP contribution in [0.5, 0.6) is 0 Å². The predicted molar refractivity (Wildman–Crippen MR) is 63.9 cm³/mol. The van der Waals surface area contributed by atoms with Crippen molar-refractivity contribution in [3.05, 3.63) is 35.4 Å². The van der Waals surface area contributed by atoms with Crippen molar-refractivity contribution in [1.29, 1.82) is 0 Å². The first kappa shape index (κ1) is 14.6. The summed E-state index contributed by atoms with van der Waals surface area (Å²) < 4.78 is 31.0. The zero-order valence-corrected chi connectivity index (χ0v) is 10.7. The molecule has 1 rings (SSSR count). The average Bonchev–Trinajstić information content (AvgIpc) is 2.32. The fourth-order valence-electron chi connectivity index (χ4n) is 1.76. The minimum absolute atomic E-state index is 0.241. The highest BCUT2D eigenvalue weighted by molar-refractivity contribution is 5.72. The van der Waals surface area contributed by atoms with Gasteiger partial charge in [0.15, 0.2) is 0 Å². The molecule has 0 aromatic heterocycles. The summed E-state index contributed by atoms with van der Waals surface area (Å²) in [6.07, 6.45) is 0. The summed E-state index contributed by atoms with van der Waals surface area (Å²) in [6, 6.07) is 3.34. The lowest BCUT2D eigenvalue weighted by Crippen LogP contribution is -2.29. The summed E-state index contributed by atoms with van der Waals surface area (Å²) in [5, 5.41) is 0. The first-order valence-electron chi connectivity index (χ1n) is 5.64. The van der Waals surface area contributed by atoms with E-state index in [1.54, 1.807) is 18.9 Å². The molecular weight excluding hydrogens is 240 g/mol. The quantitative estimate of drug-likeness (QED) is 0.757. The van der Waals surface area contributed by atoms with Gasteiger partial charge in [-0.3, -0.25) is 4.79 Å². The van der Waals surface area contributed by atoms with E-state index in [-0.39, 0.29) is 24.0 Å². The van der Waals surface area contributed by atoms with Crippen LogP contribution >= 0.6 is 0 Å². The number of esters is 1. The molecule has 0 aliphatic rings. The normalized spacial score (nSPS) is 12.6. The Morgan fingerprint density at radius 1 is 1.44 bits per heavy atom. The van der Waals surface area contributed by atoms with Gasteiger partial charge in [0.1, 0.15) is 11.6 Å². The highest BCUT2D eigenvalue weighted by atomic mass is 19.1. The number of nitrogens with zero attached hydrogens (tertiary/aromatic N) is 1. The maximum absolute atomic E-state index is 13.4. The second-order valence-corrected chi connectivity index (χ2v) is 4.36. The number of methoxy groups -OCH3 is 1. The van der Waals surface area contributed by atoms with Gasteiger partial charge in [0, 0.05) is 18.7 Å². The second-order valence-electron chi connectivity index (χ2n) is 4.36. The third kappa shape index (κ3) is 4.07. The molecular formula is C13H17F2NO2. The standard InChI is InChI=1S/C13H17F2NO2/c1-9(13(17)18-3)7-16(2)8-10-6-11(14)4-5-12(10)15/h4-6,9H,7-8H2,1-3H3. The van der Waals surface area contributed by atoms with Gasteiger partial charge >= 0.3 is 5.97 Å². The van der Waals surface area contributed by atoms with Crippen molar-refractivity contribution in [2.45, 2.75) is 13.5 Å². The molecule has 0 bridgehead atoms. The molecule has 100 valence electrons. The van der Waals surface area contributed by atoms with Crippen molar-refractivity contribution in [1.82, 2.24) is 4.90 Å². The van der Waals surface area contributed by atoms with Crippen LogP contribution in [0.15, 0.2) is 18.2 Å². The van der Waals surface area contributed by atoms with Gasteiger partial charge in [0.05, 0.1) is 13.0 Å². The van der Waals surface area contributed by atoms with E-state index in [4.69, 9.17) is 0 Å². The molecule has 1 aromatic rings. The first-order chi connectivity index (χ1) is 8.43. The van der Waals surface area contributed by atoms with Crippen LogP contribution < -0.4 is 0 Å². The zero-order chi connectivity index (χ0) is 13.7. The Bertz CT molecular complexity index is 423. The molecule has 0 fully saturated rings. The van der Waals surface area contributed by atoms with E-state index >= 15 is 0 Å². The highest BCUT2D eigenvalue weighted by Gasteiger charge is 2.16. The van der Waals surface area contributed by atoms with Crippen LogP contribution in [0.1, 0.15) is 12.5 Å². The van der Waals surface area contributed by atoms with E-state index < -0.39 is 11.6 Å². The number of halogens is 2. The molecule has 0 amide bonds. The topological polar surface area (TPSA) is 29.5 Å². The van der Waals surface area contributed by atoms with Crippen molar-refractivity contribution in [2.24, 2.45) is 5.92 Å². The van der Waals surface area contributed by atoms with Crippen LogP contribution in [0, 0.1) is 17.6 Å². The van der Waals surface area contributed by atoms with Crippen LogP contribution in [-0.4, -0.2) is 31.6 Å². The summed E-state index contributed by atoms with van der Waals surface area (Å²) in [5.41, 5.74) is 0.273. The predicted octanol–water partition coefficient (Wildman–Crippen LogP) is 2.21. The maximum atomic E-state index is 13.4. The monoisotopic (exact) mass is 257 g/mol. The molecule has 1 unspecified atom stereocenters. The molecule has 1 atom stereocenters. The zero-order valence-electron chi connectivity index (χ0n) is 10.7. The van der Waals surface area contributed by atoms with E-state index in [1.165, 1.54) is 7.11 Å². The van der Waals surface area contributed by atoms with E-state index in [0.717, 1.165) is 18.2 Å². The maximum Gasteiger partial charge on any atom is 0.309 e. The number of rotatable bonds is 5. The van der Waals surface area contributed by atoms with E-state index in [9.17, 15) is 13.6 Å². The third-order valence-corrected chi connectivity index (χ3v) is 2.64. The molecule has 3 nitrogen and oxygen atoms in total. The summed E-state index contributed by atoms with van der Waals surface area (Å²) in [7, 11) is 3.06. The molecule has 18 heavy (non-hydrogen) atoms. The van der Waals surface area contributed by atoms with Gasteiger partial charge in [-0.05, 0) is 25.2 Å². The summed E-state index contributed by atoms with van der Waals surface area (Å²) >= 11 is 0.